The molecule has 1 atom stereocenters. The number of hydrogen-bond acceptors (Lipinski definition) is 7. The van der Waals surface area contributed by atoms with Crippen LogP contribution in [0.3, 0.4) is 0 Å². The van der Waals surface area contributed by atoms with Gasteiger partial charge in [0.2, 0.25) is 5.91 Å². The van der Waals surface area contributed by atoms with E-state index < -0.39 is 34.4 Å². The fourth-order valence-electron chi connectivity index (χ4n) is 5.02. The predicted molar refractivity (Wildman–Crippen MR) is 162 cm³/mol. The van der Waals surface area contributed by atoms with Gasteiger partial charge in [-0.25, -0.2) is 13.8 Å². The smallest absolute Gasteiger partial charge is 0.333 e. The number of methoxy groups -OCH3 is 1. The van der Waals surface area contributed by atoms with Gasteiger partial charge < -0.3 is 10.1 Å². The number of halogens is 1. The Labute approximate surface area is 247 Å². The number of allylic oxidation sites excluding steroid dienone is 1. The molecule has 3 aromatic heterocycles. The Morgan fingerprint density at radius 3 is 2.38 bits per heavy atom. The topological polar surface area (TPSA) is 113 Å². The number of thiophene rings is 1. The second-order valence-corrected chi connectivity index (χ2v) is 12.4. The quantitative estimate of drug-likeness (QED) is 0.270. The monoisotopic (exact) mass is 596 g/mol. The molecule has 0 aliphatic rings. The highest BCUT2D eigenvalue weighted by Crippen LogP contribution is 2.38. The van der Waals surface area contributed by atoms with Crippen LogP contribution in [0.4, 0.5) is 4.39 Å². The van der Waals surface area contributed by atoms with Gasteiger partial charge in [0, 0.05) is 29.6 Å². The van der Waals surface area contributed by atoms with Crippen LogP contribution in [0.1, 0.15) is 58.6 Å². The number of rotatable bonds is 10. The summed E-state index contributed by atoms with van der Waals surface area (Å²) in [5.74, 6) is -1.08. The van der Waals surface area contributed by atoms with Crippen molar-refractivity contribution in [1.29, 1.82) is 0 Å². The maximum absolute atomic E-state index is 14.6. The van der Waals surface area contributed by atoms with Gasteiger partial charge in [-0.1, -0.05) is 37.3 Å². The van der Waals surface area contributed by atoms with Crippen LogP contribution >= 0.6 is 11.3 Å². The van der Waals surface area contributed by atoms with Crippen molar-refractivity contribution in [2.24, 2.45) is 5.92 Å². The Bertz CT molecular complexity index is 1760. The second-order valence-electron chi connectivity index (χ2n) is 11.4. The van der Waals surface area contributed by atoms with E-state index in [2.05, 4.69) is 22.1 Å². The zero-order valence-electron chi connectivity index (χ0n) is 25.2. The number of nitrogens with one attached hydrogen (secondary N) is 1. The number of hydrogen-bond donors (Lipinski definition) is 1. The number of fused-ring (bicyclic) bond motifs is 1. The third-order valence-electron chi connectivity index (χ3n) is 7.44. The number of benzene rings is 1. The summed E-state index contributed by atoms with van der Waals surface area (Å²) in [6, 6.07) is 4.02. The van der Waals surface area contributed by atoms with Crippen LogP contribution in [0, 0.1) is 18.7 Å². The number of nitrogens with zero attached hydrogens (tertiary/aromatic N) is 5. The van der Waals surface area contributed by atoms with Crippen molar-refractivity contribution < 1.29 is 13.9 Å². The normalized spacial score (nSPS) is 12.7. The molecule has 10 nitrogen and oxygen atoms in total. The highest BCUT2D eigenvalue weighted by molar-refractivity contribution is 7.21. The van der Waals surface area contributed by atoms with Gasteiger partial charge in [0.1, 0.15) is 26.9 Å². The Hall–Kier alpha value is -4.06. The van der Waals surface area contributed by atoms with Crippen molar-refractivity contribution in [1.82, 2.24) is 29.4 Å². The van der Waals surface area contributed by atoms with Gasteiger partial charge in [-0.2, -0.15) is 10.2 Å². The standard InChI is InChI=1S/C30H37FN6O4S/c1-16(2)18(5)22(21-14-20(31)10-11-23(21)41-9)15-35-27-24(19(6)26(42-27)37-32-12-13-33-37)25(38)36(29(35)40)30(7,8)28(39)34-17(3)4/h10-14,16-17,22H,5,15H2,1-4,6-9H3,(H,34,39)/t22-/m1/s1. The van der Waals surface area contributed by atoms with Crippen LogP contribution in [-0.4, -0.2) is 43.2 Å². The van der Waals surface area contributed by atoms with Crippen LogP contribution in [0.5, 0.6) is 5.75 Å². The molecule has 0 spiro atoms. The summed E-state index contributed by atoms with van der Waals surface area (Å²) in [4.78, 5) is 43.7. The molecular weight excluding hydrogens is 559 g/mol. The second kappa shape index (κ2) is 11.7. The highest BCUT2D eigenvalue weighted by Gasteiger charge is 2.36. The molecule has 0 saturated carbocycles. The van der Waals surface area contributed by atoms with Gasteiger partial charge in [-0.05, 0) is 58.7 Å². The molecule has 42 heavy (non-hydrogen) atoms. The van der Waals surface area contributed by atoms with Crippen molar-refractivity contribution >= 4 is 27.5 Å². The summed E-state index contributed by atoms with van der Waals surface area (Å²) in [5.41, 5.74) is -0.960. The third kappa shape index (κ3) is 5.42. The summed E-state index contributed by atoms with van der Waals surface area (Å²) in [6.45, 7) is 16.7. The zero-order chi connectivity index (χ0) is 31.1. The highest BCUT2D eigenvalue weighted by atomic mass is 32.1. The lowest BCUT2D eigenvalue weighted by Crippen LogP contribution is -2.56. The molecule has 0 unspecified atom stereocenters. The Morgan fingerprint density at radius 1 is 1.17 bits per heavy atom. The van der Waals surface area contributed by atoms with E-state index in [1.165, 1.54) is 52.3 Å². The summed E-state index contributed by atoms with van der Waals surface area (Å²) >= 11 is 1.20. The van der Waals surface area contributed by atoms with Crippen LogP contribution in [0.2, 0.25) is 0 Å². The lowest BCUT2D eigenvalue weighted by molar-refractivity contribution is -0.129. The lowest BCUT2D eigenvalue weighted by Gasteiger charge is -2.29. The molecule has 0 aliphatic heterocycles. The molecule has 0 radical (unpaired) electrons. The number of aromatic nitrogens is 5. The molecule has 1 N–H and O–H groups in total. The van der Waals surface area contributed by atoms with Crippen molar-refractivity contribution in [3.63, 3.8) is 0 Å². The van der Waals surface area contributed by atoms with Gasteiger partial charge in [0.05, 0.1) is 24.9 Å². The number of carbonyl (C=O) groups is 1. The van der Waals surface area contributed by atoms with E-state index in [1.54, 1.807) is 40.7 Å². The molecular formula is C30H37FN6O4S. The summed E-state index contributed by atoms with van der Waals surface area (Å²) < 4.78 is 22.7. The van der Waals surface area contributed by atoms with E-state index in [0.717, 1.165) is 10.1 Å². The van der Waals surface area contributed by atoms with Gasteiger partial charge in [0.15, 0.2) is 0 Å². The van der Waals surface area contributed by atoms with E-state index in [-0.39, 0.29) is 23.9 Å². The van der Waals surface area contributed by atoms with Gasteiger partial charge >= 0.3 is 5.69 Å². The minimum atomic E-state index is -1.53. The maximum atomic E-state index is 14.6. The molecule has 0 aliphatic carbocycles. The minimum Gasteiger partial charge on any atom is -0.496 e. The minimum absolute atomic E-state index is 0.0141. The zero-order valence-corrected chi connectivity index (χ0v) is 26.0. The van der Waals surface area contributed by atoms with Crippen LogP contribution in [-0.2, 0) is 16.9 Å². The summed E-state index contributed by atoms with van der Waals surface area (Å²) in [5, 5.41) is 12.1. The van der Waals surface area contributed by atoms with Crippen molar-refractivity contribution in [3.05, 3.63) is 80.5 Å². The lowest BCUT2D eigenvalue weighted by atomic mass is 9.85. The first-order valence-corrected chi connectivity index (χ1v) is 14.5. The van der Waals surface area contributed by atoms with E-state index in [9.17, 15) is 18.8 Å². The molecule has 224 valence electrons. The van der Waals surface area contributed by atoms with E-state index in [4.69, 9.17) is 4.74 Å². The number of ether oxygens (including phenoxy) is 1. The maximum Gasteiger partial charge on any atom is 0.333 e. The summed E-state index contributed by atoms with van der Waals surface area (Å²) in [7, 11) is 1.50. The van der Waals surface area contributed by atoms with Crippen LogP contribution in [0.15, 0.2) is 52.3 Å². The fraction of sp³-hybridized carbons (Fsp3) is 0.433. The SMILES string of the molecule is C=C(C(C)C)[C@@H](Cn1c(=O)n(C(C)(C)C(=O)NC(C)C)c(=O)c2c(C)c(-n3nccn3)sc21)c1cc(F)ccc1OC. The largest absolute Gasteiger partial charge is 0.496 e. The van der Waals surface area contributed by atoms with E-state index in [0.29, 0.717) is 26.7 Å². The first kappa shape index (κ1) is 30.9. The number of carbonyl (C=O) groups excluding carboxylic acids is 1. The van der Waals surface area contributed by atoms with E-state index >= 15 is 0 Å². The Morgan fingerprint density at radius 2 is 1.81 bits per heavy atom. The first-order chi connectivity index (χ1) is 19.7. The average molecular weight is 597 g/mol. The Balaban J connectivity index is 2.09. The molecule has 4 rings (SSSR count). The molecule has 3 heterocycles. The molecule has 4 aromatic rings. The average Bonchev–Trinajstić information content (AvgIpc) is 3.56. The molecule has 0 bridgehead atoms. The molecule has 0 saturated heterocycles. The number of amides is 1. The number of aryl methyl sites for hydroxylation is 1. The van der Waals surface area contributed by atoms with Gasteiger partial charge in [0.25, 0.3) is 5.56 Å². The molecule has 0 fully saturated rings. The third-order valence-corrected chi connectivity index (χ3v) is 8.72. The fourth-order valence-corrected chi connectivity index (χ4v) is 6.24. The van der Waals surface area contributed by atoms with Gasteiger partial charge in [-0.3, -0.25) is 14.2 Å². The molecule has 1 amide bonds. The molecule has 12 heteroatoms. The van der Waals surface area contributed by atoms with Crippen molar-refractivity contribution in [2.75, 3.05) is 7.11 Å². The summed E-state index contributed by atoms with van der Waals surface area (Å²) in [6.07, 6.45) is 3.04. The molecule has 1 aromatic carbocycles. The van der Waals surface area contributed by atoms with Crippen molar-refractivity contribution in [2.45, 2.75) is 72.5 Å². The van der Waals surface area contributed by atoms with Crippen LogP contribution in [0.25, 0.3) is 15.2 Å². The van der Waals surface area contributed by atoms with Crippen LogP contribution < -0.4 is 21.3 Å². The first-order valence-electron chi connectivity index (χ1n) is 13.7. The van der Waals surface area contributed by atoms with Crippen molar-refractivity contribution in [3.8, 4) is 10.8 Å². The Kier molecular flexibility index (Phi) is 8.58. The predicted octanol–water partition coefficient (Wildman–Crippen LogP) is 4.52. The van der Waals surface area contributed by atoms with E-state index in [1.807, 2.05) is 13.8 Å². The van der Waals surface area contributed by atoms with Gasteiger partial charge in [-0.15, -0.1) is 4.80 Å².